The molecule has 2 atom stereocenters. The maximum absolute atomic E-state index is 12.5. The summed E-state index contributed by atoms with van der Waals surface area (Å²) >= 11 is 0. The fourth-order valence-electron chi connectivity index (χ4n) is 5.06. The molecule has 144 valence electrons. The highest BCUT2D eigenvalue weighted by molar-refractivity contribution is 5.84. The van der Waals surface area contributed by atoms with E-state index < -0.39 is 5.66 Å². The third kappa shape index (κ3) is 2.33. The van der Waals surface area contributed by atoms with Crippen LogP contribution in [0.4, 0.5) is 5.69 Å². The Kier molecular flexibility index (Phi) is 3.64. The topological polar surface area (TPSA) is 41.6 Å². The summed E-state index contributed by atoms with van der Waals surface area (Å²) in [5.41, 5.74) is 4.02. The number of amides is 1. The van der Waals surface area contributed by atoms with Gasteiger partial charge in [0, 0.05) is 30.5 Å². The van der Waals surface area contributed by atoms with Gasteiger partial charge in [0.1, 0.15) is 17.5 Å². The highest BCUT2D eigenvalue weighted by atomic mass is 16.5. The number of carbonyl (C=O) groups excluding carboxylic acids is 1. The van der Waals surface area contributed by atoms with Crippen LogP contribution in [0.5, 0.6) is 5.75 Å². The van der Waals surface area contributed by atoms with Crippen LogP contribution in [-0.2, 0) is 16.6 Å². The van der Waals surface area contributed by atoms with Crippen molar-refractivity contribution in [2.24, 2.45) is 0 Å². The van der Waals surface area contributed by atoms with Crippen molar-refractivity contribution in [3.05, 3.63) is 65.2 Å². The lowest BCUT2D eigenvalue weighted by atomic mass is 9.74. The number of rotatable bonds is 2. The highest BCUT2D eigenvalue weighted by Gasteiger charge is 2.57. The van der Waals surface area contributed by atoms with Gasteiger partial charge in [0.2, 0.25) is 5.91 Å². The van der Waals surface area contributed by atoms with Gasteiger partial charge in [-0.05, 0) is 41.8 Å². The van der Waals surface area contributed by atoms with E-state index in [2.05, 4.69) is 85.6 Å². The molecule has 4 nitrogen and oxygen atoms in total. The van der Waals surface area contributed by atoms with Crippen molar-refractivity contribution in [2.45, 2.75) is 50.8 Å². The summed E-state index contributed by atoms with van der Waals surface area (Å²) in [5, 5.41) is 3.33. The molecule has 3 heterocycles. The van der Waals surface area contributed by atoms with Crippen molar-refractivity contribution in [3.63, 3.8) is 0 Å². The molecule has 3 aliphatic heterocycles. The van der Waals surface area contributed by atoms with Crippen LogP contribution in [0.3, 0.4) is 0 Å². The van der Waals surface area contributed by atoms with Crippen molar-refractivity contribution in [1.82, 2.24) is 5.32 Å². The number of anilines is 1. The molecule has 0 unspecified atom stereocenters. The number of hydrogen-bond acceptors (Lipinski definition) is 3. The molecular formula is C24H26N2O2. The molecule has 0 radical (unpaired) electrons. The third-order valence-corrected chi connectivity index (χ3v) is 6.58. The predicted octanol–water partition coefficient (Wildman–Crippen LogP) is 4.04. The molecule has 2 aromatic rings. The second-order valence-corrected chi connectivity index (χ2v) is 8.69. The minimum Gasteiger partial charge on any atom is -0.490 e. The first-order chi connectivity index (χ1) is 13.4. The molecule has 1 N–H and O–H groups in total. The molecule has 0 spiro atoms. The summed E-state index contributed by atoms with van der Waals surface area (Å²) < 4.78 is 5.92. The molecule has 28 heavy (non-hydrogen) atoms. The summed E-state index contributed by atoms with van der Waals surface area (Å²) in [6, 6.07) is 14.9. The Morgan fingerprint density at radius 3 is 2.89 bits per heavy atom. The first-order valence-electron chi connectivity index (χ1n) is 10.1. The summed E-state index contributed by atoms with van der Waals surface area (Å²) in [5.74, 6) is 1.08. The summed E-state index contributed by atoms with van der Waals surface area (Å²) in [4.78, 5) is 14.8. The molecule has 1 amide bonds. The lowest BCUT2D eigenvalue weighted by Gasteiger charge is -2.49. The van der Waals surface area contributed by atoms with Gasteiger partial charge in [-0.2, -0.15) is 0 Å². The van der Waals surface area contributed by atoms with Crippen LogP contribution >= 0.6 is 0 Å². The lowest BCUT2D eigenvalue weighted by Crippen LogP contribution is -2.68. The van der Waals surface area contributed by atoms with Crippen LogP contribution in [0.25, 0.3) is 6.08 Å². The standard InChI is InChI=1S/C24H26N2O2/c1-16-14-18-9-8-17(15-21(18)28-16)10-12-24-23(2,3)19-6-4-5-7-20(19)26(24)13-11-22(27)25-24/h4-10,12,15-16H,11,13-14H2,1-3H3,(H,25,27)/t16-,24+/m0/s1. The van der Waals surface area contributed by atoms with Crippen LogP contribution in [0.2, 0.25) is 0 Å². The van der Waals surface area contributed by atoms with E-state index in [0.29, 0.717) is 6.42 Å². The number of benzene rings is 2. The van der Waals surface area contributed by atoms with Crippen molar-refractivity contribution in [3.8, 4) is 5.75 Å². The van der Waals surface area contributed by atoms with Crippen molar-refractivity contribution in [2.75, 3.05) is 11.4 Å². The predicted molar refractivity (Wildman–Crippen MR) is 112 cm³/mol. The average molecular weight is 374 g/mol. The van der Waals surface area contributed by atoms with Crippen LogP contribution < -0.4 is 15.0 Å². The number of hydrogen-bond donors (Lipinski definition) is 1. The Morgan fingerprint density at radius 1 is 1.21 bits per heavy atom. The molecule has 5 rings (SSSR count). The largest absolute Gasteiger partial charge is 0.490 e. The van der Waals surface area contributed by atoms with Gasteiger partial charge in [0.15, 0.2) is 0 Å². The number of nitrogens with one attached hydrogen (secondary N) is 1. The summed E-state index contributed by atoms with van der Waals surface area (Å²) in [6.45, 7) is 7.26. The molecule has 2 aromatic carbocycles. The van der Waals surface area contributed by atoms with Crippen molar-refractivity contribution < 1.29 is 9.53 Å². The molecule has 1 saturated heterocycles. The van der Waals surface area contributed by atoms with E-state index in [0.717, 1.165) is 24.3 Å². The average Bonchev–Trinajstić information content (AvgIpc) is 3.13. The van der Waals surface area contributed by atoms with E-state index in [9.17, 15) is 4.79 Å². The van der Waals surface area contributed by atoms with E-state index >= 15 is 0 Å². The molecule has 0 aliphatic carbocycles. The number of carbonyl (C=O) groups is 1. The first-order valence-corrected chi connectivity index (χ1v) is 10.1. The van der Waals surface area contributed by atoms with Crippen LogP contribution in [-0.4, -0.2) is 24.2 Å². The Morgan fingerprint density at radius 2 is 2.04 bits per heavy atom. The number of para-hydroxylation sites is 1. The van der Waals surface area contributed by atoms with Crippen molar-refractivity contribution >= 4 is 17.7 Å². The van der Waals surface area contributed by atoms with Crippen molar-refractivity contribution in [1.29, 1.82) is 0 Å². The highest BCUT2D eigenvalue weighted by Crippen LogP contribution is 2.52. The van der Waals surface area contributed by atoms with Gasteiger partial charge in [-0.1, -0.05) is 50.3 Å². The summed E-state index contributed by atoms with van der Waals surface area (Å²) in [7, 11) is 0. The van der Waals surface area contributed by atoms with Gasteiger partial charge in [-0.15, -0.1) is 0 Å². The Hall–Kier alpha value is -2.75. The lowest BCUT2D eigenvalue weighted by molar-refractivity contribution is -0.124. The van der Waals surface area contributed by atoms with E-state index in [-0.39, 0.29) is 17.4 Å². The Balaban J connectivity index is 1.58. The third-order valence-electron chi connectivity index (χ3n) is 6.58. The van der Waals surface area contributed by atoms with Gasteiger partial charge >= 0.3 is 0 Å². The molecule has 1 fully saturated rings. The number of fused-ring (bicyclic) bond motifs is 4. The second-order valence-electron chi connectivity index (χ2n) is 8.69. The Labute approximate surface area is 166 Å². The molecule has 0 bridgehead atoms. The zero-order valence-corrected chi connectivity index (χ0v) is 16.7. The molecular weight excluding hydrogens is 348 g/mol. The van der Waals surface area contributed by atoms with Gasteiger partial charge in [-0.25, -0.2) is 0 Å². The van der Waals surface area contributed by atoms with Gasteiger partial charge in [-0.3, -0.25) is 4.79 Å². The zero-order chi connectivity index (χ0) is 19.5. The van der Waals surface area contributed by atoms with E-state index in [1.165, 1.54) is 16.8 Å². The number of nitrogens with zero attached hydrogens (tertiary/aromatic N) is 1. The smallest absolute Gasteiger partial charge is 0.223 e. The van der Waals surface area contributed by atoms with Crippen LogP contribution in [0.15, 0.2) is 48.5 Å². The number of ether oxygens (including phenoxy) is 1. The quantitative estimate of drug-likeness (QED) is 0.863. The fraction of sp³-hybridized carbons (Fsp3) is 0.375. The summed E-state index contributed by atoms with van der Waals surface area (Å²) in [6.07, 6.45) is 6.02. The van der Waals surface area contributed by atoms with E-state index in [4.69, 9.17) is 4.74 Å². The maximum Gasteiger partial charge on any atom is 0.223 e. The molecule has 4 heteroatoms. The maximum atomic E-state index is 12.5. The van der Waals surface area contributed by atoms with Gasteiger partial charge in [0.25, 0.3) is 0 Å². The first kappa shape index (κ1) is 17.4. The Bertz CT molecular complexity index is 994. The molecule has 3 aliphatic rings. The minimum atomic E-state index is -0.570. The normalized spacial score (nSPS) is 27.2. The minimum absolute atomic E-state index is 0.105. The van der Waals surface area contributed by atoms with Crippen LogP contribution in [0, 0.1) is 0 Å². The second kappa shape index (κ2) is 5.87. The molecule has 0 saturated carbocycles. The SMILES string of the molecule is C[C@H]1Cc2ccc(C=C[C@@]34NC(=O)CCN3c3ccccc3C4(C)C)cc2O1. The van der Waals surface area contributed by atoms with Gasteiger partial charge < -0.3 is 15.0 Å². The van der Waals surface area contributed by atoms with E-state index in [1.54, 1.807) is 0 Å². The van der Waals surface area contributed by atoms with Gasteiger partial charge in [0.05, 0.1) is 0 Å². The fourth-order valence-corrected chi connectivity index (χ4v) is 5.06. The molecule has 0 aromatic heterocycles. The monoisotopic (exact) mass is 374 g/mol. The zero-order valence-electron chi connectivity index (χ0n) is 16.7. The van der Waals surface area contributed by atoms with Crippen LogP contribution in [0.1, 0.15) is 43.9 Å². The van der Waals surface area contributed by atoms with E-state index in [1.807, 2.05) is 0 Å².